The van der Waals surface area contributed by atoms with Gasteiger partial charge in [-0.15, -0.1) is 0 Å². The van der Waals surface area contributed by atoms with Crippen LogP contribution < -0.4 is 5.73 Å². The molecule has 12 N–H and O–H groups in total. The summed E-state index contributed by atoms with van der Waals surface area (Å²) in [7, 11) is 0. The van der Waals surface area contributed by atoms with Crippen molar-refractivity contribution >= 4 is 0 Å². The van der Waals surface area contributed by atoms with Crippen LogP contribution in [0.3, 0.4) is 0 Å². The Morgan fingerprint density at radius 2 is 0.844 bits per heavy atom. The van der Waals surface area contributed by atoms with E-state index >= 15 is 0 Å². The minimum atomic E-state index is -1.89. The van der Waals surface area contributed by atoms with Crippen LogP contribution in [0.1, 0.15) is 51.4 Å². The molecule has 6 unspecified atom stereocenters. The third-order valence-electron chi connectivity index (χ3n) is 8.46. The molecule has 3 heterocycles. The van der Waals surface area contributed by atoms with Crippen molar-refractivity contribution in [3.63, 3.8) is 0 Å². The van der Waals surface area contributed by atoms with Gasteiger partial charge >= 0.3 is 0 Å². The fraction of sp³-hybridized carbons (Fsp3) is 1.00. The first kappa shape index (κ1) is 38.8. The van der Waals surface area contributed by atoms with Crippen LogP contribution in [0, 0.1) is 0 Å². The van der Waals surface area contributed by atoms with Gasteiger partial charge < -0.3 is 85.2 Å². The number of hydrogen-bond donors (Lipinski definition) is 11. The van der Waals surface area contributed by atoms with Crippen molar-refractivity contribution in [2.45, 2.75) is 143 Å². The molecule has 0 bridgehead atoms. The first-order chi connectivity index (χ1) is 21.6. The van der Waals surface area contributed by atoms with Crippen LogP contribution in [0.4, 0.5) is 0 Å². The van der Waals surface area contributed by atoms with Crippen LogP contribution >= 0.6 is 0 Å². The summed E-state index contributed by atoms with van der Waals surface area (Å²) in [5.41, 5.74) is 5.50. The van der Waals surface area contributed by atoms with Crippen LogP contribution in [0.5, 0.6) is 0 Å². The van der Waals surface area contributed by atoms with Gasteiger partial charge in [0.1, 0.15) is 73.2 Å². The van der Waals surface area contributed by atoms with Crippen LogP contribution in [0.2, 0.25) is 0 Å². The quantitative estimate of drug-likeness (QED) is 0.0619. The standard InChI is InChI=1S/C28H53NO16/c29-9-7-5-3-1-2-4-6-8-10-40-26-22(38)24(18(34)15(12-31)41-26)45-28-23(39)25(19(35)16(13-32)43-28)44-27-21(37)20(36)17(33)14(11-30)42-27/h14-28,30-39H,1-13,29H2/t14?,15?,16?,17-,18-,19-,20+,21?,22?,23?,24+,25+,26+,27-,28-/m1/s1. The molecule has 3 rings (SSSR count). The molecule has 0 amide bonds. The van der Waals surface area contributed by atoms with Crippen LogP contribution in [-0.2, 0) is 28.4 Å². The first-order valence-corrected chi connectivity index (χ1v) is 15.8. The average Bonchev–Trinajstić information content (AvgIpc) is 3.03. The van der Waals surface area contributed by atoms with Crippen LogP contribution in [0.15, 0.2) is 0 Å². The molecule has 0 saturated carbocycles. The van der Waals surface area contributed by atoms with Gasteiger partial charge in [0.15, 0.2) is 18.9 Å². The molecule has 3 fully saturated rings. The lowest BCUT2D eigenvalue weighted by Gasteiger charge is -2.48. The molecule has 17 heteroatoms. The van der Waals surface area contributed by atoms with Crippen molar-refractivity contribution in [1.29, 1.82) is 0 Å². The topological polar surface area (TPSA) is 284 Å². The number of aliphatic hydroxyl groups excluding tert-OH is 10. The number of unbranched alkanes of at least 4 members (excludes halogenated alkanes) is 7. The average molecular weight is 660 g/mol. The molecule has 0 aromatic heterocycles. The summed E-state index contributed by atoms with van der Waals surface area (Å²) in [4.78, 5) is 0. The Morgan fingerprint density at radius 1 is 0.444 bits per heavy atom. The Bertz CT molecular complexity index is 815. The maximum atomic E-state index is 11.1. The molecule has 3 aliphatic heterocycles. The predicted octanol–water partition coefficient (Wildman–Crippen LogP) is -4.47. The second kappa shape index (κ2) is 19.4. The largest absolute Gasteiger partial charge is 0.394 e. The SMILES string of the molecule is NCCCCCCCCCCO[C@H]1OC(CO)[C@@H](O)[C@H](O[C@H]2OC(CO)[C@@H](O)[C@H](O[C@H]3OC(CO)[C@@H](O)[C@H](O)C3O)C2O)C1O. The van der Waals surface area contributed by atoms with E-state index in [1.807, 2.05) is 0 Å². The summed E-state index contributed by atoms with van der Waals surface area (Å²) < 4.78 is 33.4. The Morgan fingerprint density at radius 3 is 1.33 bits per heavy atom. The molecule has 266 valence electrons. The van der Waals surface area contributed by atoms with E-state index in [1.54, 1.807) is 0 Å². The van der Waals surface area contributed by atoms with Gasteiger partial charge in [-0.25, -0.2) is 0 Å². The van der Waals surface area contributed by atoms with E-state index in [1.165, 1.54) is 0 Å². The lowest BCUT2D eigenvalue weighted by molar-refractivity contribution is -0.381. The van der Waals surface area contributed by atoms with Crippen molar-refractivity contribution in [2.24, 2.45) is 5.73 Å². The zero-order valence-electron chi connectivity index (χ0n) is 25.4. The second-order valence-corrected chi connectivity index (χ2v) is 11.8. The Kier molecular flexibility index (Phi) is 16.7. The molecule has 0 radical (unpaired) electrons. The molecule has 0 aliphatic carbocycles. The van der Waals surface area contributed by atoms with Gasteiger partial charge in [-0.1, -0.05) is 38.5 Å². The summed E-state index contributed by atoms with van der Waals surface area (Å²) in [6.07, 6.45) is -16.2. The van der Waals surface area contributed by atoms with E-state index in [4.69, 9.17) is 34.2 Å². The van der Waals surface area contributed by atoms with Gasteiger partial charge in [-0.05, 0) is 19.4 Å². The van der Waals surface area contributed by atoms with E-state index in [0.29, 0.717) is 13.0 Å². The van der Waals surface area contributed by atoms with Gasteiger partial charge in [-0.2, -0.15) is 0 Å². The van der Waals surface area contributed by atoms with E-state index in [0.717, 1.165) is 44.9 Å². The molecule has 15 atom stereocenters. The molecule has 45 heavy (non-hydrogen) atoms. The zero-order valence-corrected chi connectivity index (χ0v) is 25.4. The molecule has 3 saturated heterocycles. The van der Waals surface area contributed by atoms with Gasteiger partial charge in [0, 0.05) is 6.61 Å². The number of hydrogen-bond acceptors (Lipinski definition) is 17. The highest BCUT2D eigenvalue weighted by atomic mass is 16.8. The van der Waals surface area contributed by atoms with Crippen molar-refractivity contribution < 1.29 is 79.5 Å². The highest BCUT2D eigenvalue weighted by molar-refractivity contribution is 4.96. The normalized spacial score (nSPS) is 42.6. The highest BCUT2D eigenvalue weighted by Gasteiger charge is 2.53. The molecule has 0 spiro atoms. The summed E-state index contributed by atoms with van der Waals surface area (Å²) in [5, 5.41) is 103. The first-order valence-electron chi connectivity index (χ1n) is 15.8. The minimum absolute atomic E-state index is 0.214. The van der Waals surface area contributed by atoms with Crippen LogP contribution in [-0.4, -0.2) is 176 Å². The van der Waals surface area contributed by atoms with Crippen LogP contribution in [0.25, 0.3) is 0 Å². The summed E-state index contributed by atoms with van der Waals surface area (Å²) in [6, 6.07) is 0. The van der Waals surface area contributed by atoms with Gasteiger partial charge in [0.25, 0.3) is 0 Å². The van der Waals surface area contributed by atoms with Crippen molar-refractivity contribution in [3.05, 3.63) is 0 Å². The number of ether oxygens (including phenoxy) is 6. The third-order valence-corrected chi connectivity index (χ3v) is 8.46. The van der Waals surface area contributed by atoms with E-state index in [-0.39, 0.29) is 6.61 Å². The second-order valence-electron chi connectivity index (χ2n) is 11.8. The fourth-order valence-electron chi connectivity index (χ4n) is 5.67. The van der Waals surface area contributed by atoms with E-state index < -0.39 is 112 Å². The monoisotopic (exact) mass is 659 g/mol. The highest BCUT2D eigenvalue weighted by Crippen LogP contribution is 2.32. The molecule has 3 aliphatic rings. The maximum absolute atomic E-state index is 11.1. The summed E-state index contributed by atoms with van der Waals surface area (Å²) >= 11 is 0. The van der Waals surface area contributed by atoms with E-state index in [2.05, 4.69) is 0 Å². The molecule has 0 aromatic rings. The molecular formula is C28H53NO16. The van der Waals surface area contributed by atoms with E-state index in [9.17, 15) is 51.1 Å². The Balaban J connectivity index is 1.61. The predicted molar refractivity (Wildman–Crippen MR) is 151 cm³/mol. The van der Waals surface area contributed by atoms with Crippen molar-refractivity contribution in [3.8, 4) is 0 Å². The van der Waals surface area contributed by atoms with Crippen molar-refractivity contribution in [1.82, 2.24) is 0 Å². The molecular weight excluding hydrogens is 606 g/mol. The minimum Gasteiger partial charge on any atom is -0.394 e. The smallest absolute Gasteiger partial charge is 0.187 e. The number of aliphatic hydroxyl groups is 10. The zero-order chi connectivity index (χ0) is 33.1. The summed E-state index contributed by atoms with van der Waals surface area (Å²) in [5.74, 6) is 0. The van der Waals surface area contributed by atoms with Gasteiger partial charge in [-0.3, -0.25) is 0 Å². The third kappa shape index (κ3) is 10.2. The lowest BCUT2D eigenvalue weighted by Crippen LogP contribution is -2.67. The van der Waals surface area contributed by atoms with Gasteiger partial charge in [0.2, 0.25) is 0 Å². The molecule has 17 nitrogen and oxygen atoms in total. The maximum Gasteiger partial charge on any atom is 0.187 e. The fourth-order valence-corrected chi connectivity index (χ4v) is 5.67. The summed E-state index contributed by atoms with van der Waals surface area (Å²) in [6.45, 7) is -1.29. The lowest BCUT2D eigenvalue weighted by atomic mass is 9.96. The number of nitrogens with two attached hydrogens (primary N) is 1. The van der Waals surface area contributed by atoms with Crippen molar-refractivity contribution in [2.75, 3.05) is 33.0 Å². The Labute approximate surface area is 262 Å². The number of rotatable bonds is 18. The molecule has 0 aromatic carbocycles. The van der Waals surface area contributed by atoms with Gasteiger partial charge in [0.05, 0.1) is 19.8 Å². The Hall–Kier alpha value is -0.680.